The molecule has 0 aromatic heterocycles. The second-order valence-corrected chi connectivity index (χ2v) is 7.58. The van der Waals surface area contributed by atoms with Crippen LogP contribution in [-0.4, -0.2) is 5.91 Å². The van der Waals surface area contributed by atoms with E-state index in [1.54, 1.807) is 42.5 Å². The van der Waals surface area contributed by atoms with Crippen LogP contribution in [0.3, 0.4) is 0 Å². The fourth-order valence-electron chi connectivity index (χ4n) is 2.95. The van der Waals surface area contributed by atoms with Crippen LogP contribution < -0.4 is 10.1 Å². The molecular weight excluding hydrogens is 431 g/mol. The molecule has 0 saturated heterocycles. The van der Waals surface area contributed by atoms with E-state index in [1.807, 2.05) is 37.3 Å². The van der Waals surface area contributed by atoms with Crippen LogP contribution in [0, 0.1) is 11.3 Å². The first-order chi connectivity index (χ1) is 15.0. The molecule has 0 atom stereocenters. The third kappa shape index (κ3) is 6.11. The zero-order valence-corrected chi connectivity index (χ0v) is 18.4. The molecule has 0 unspecified atom stereocenters. The summed E-state index contributed by atoms with van der Waals surface area (Å²) in [5.41, 5.74) is 3.19. The van der Waals surface area contributed by atoms with Gasteiger partial charge < -0.3 is 10.1 Å². The molecule has 156 valence electrons. The minimum Gasteiger partial charge on any atom is -0.489 e. The van der Waals surface area contributed by atoms with Crippen LogP contribution in [0.5, 0.6) is 5.75 Å². The van der Waals surface area contributed by atoms with Crippen LogP contribution in [-0.2, 0) is 17.8 Å². The molecule has 1 N–H and O–H groups in total. The number of amides is 1. The van der Waals surface area contributed by atoms with Gasteiger partial charge in [-0.1, -0.05) is 66.5 Å². The molecule has 6 heteroatoms. The lowest BCUT2D eigenvalue weighted by Crippen LogP contribution is -2.14. The van der Waals surface area contributed by atoms with Crippen molar-refractivity contribution in [2.24, 2.45) is 0 Å². The van der Waals surface area contributed by atoms with Crippen molar-refractivity contribution < 1.29 is 9.53 Å². The molecule has 1 amide bonds. The predicted molar refractivity (Wildman–Crippen MR) is 125 cm³/mol. The molecule has 4 nitrogen and oxygen atoms in total. The predicted octanol–water partition coefficient (Wildman–Crippen LogP) is 6.68. The van der Waals surface area contributed by atoms with Gasteiger partial charge in [-0.05, 0) is 54.0 Å². The quantitative estimate of drug-likeness (QED) is 0.322. The molecule has 0 aliphatic rings. The maximum Gasteiger partial charge on any atom is 0.266 e. The number of nitriles is 1. The third-order valence-electron chi connectivity index (χ3n) is 4.59. The summed E-state index contributed by atoms with van der Waals surface area (Å²) in [6.07, 6.45) is 2.31. The first-order valence-electron chi connectivity index (χ1n) is 9.68. The van der Waals surface area contributed by atoms with Gasteiger partial charge in [-0.2, -0.15) is 5.26 Å². The van der Waals surface area contributed by atoms with Gasteiger partial charge >= 0.3 is 0 Å². The number of nitrogens with zero attached hydrogens (tertiary/aromatic N) is 1. The maximum absolute atomic E-state index is 12.6. The summed E-state index contributed by atoms with van der Waals surface area (Å²) in [6, 6.07) is 21.9. The van der Waals surface area contributed by atoms with Crippen molar-refractivity contribution in [1.29, 1.82) is 5.26 Å². The SMILES string of the molecule is CCc1ccccc1NC(=O)/C(C#N)=C\c1cccc(OCc2ccc(Cl)cc2Cl)c1. The zero-order valence-electron chi connectivity index (χ0n) is 16.9. The summed E-state index contributed by atoms with van der Waals surface area (Å²) in [5.74, 6) is 0.136. The van der Waals surface area contributed by atoms with Gasteiger partial charge in [0.05, 0.1) is 0 Å². The fraction of sp³-hybridized carbons (Fsp3) is 0.120. The van der Waals surface area contributed by atoms with Crippen molar-refractivity contribution in [1.82, 2.24) is 0 Å². The van der Waals surface area contributed by atoms with Crippen LogP contribution in [0.4, 0.5) is 5.69 Å². The molecule has 0 aliphatic carbocycles. The van der Waals surface area contributed by atoms with Crippen LogP contribution in [0.25, 0.3) is 6.08 Å². The van der Waals surface area contributed by atoms with Crippen LogP contribution >= 0.6 is 23.2 Å². The van der Waals surface area contributed by atoms with Crippen molar-refractivity contribution in [3.8, 4) is 11.8 Å². The minimum atomic E-state index is -0.456. The highest BCUT2D eigenvalue weighted by molar-refractivity contribution is 6.35. The molecule has 3 aromatic rings. The number of benzene rings is 3. The van der Waals surface area contributed by atoms with E-state index >= 15 is 0 Å². The number of halogens is 2. The topological polar surface area (TPSA) is 62.1 Å². The highest BCUT2D eigenvalue weighted by Gasteiger charge is 2.11. The van der Waals surface area contributed by atoms with Crippen molar-refractivity contribution in [3.63, 3.8) is 0 Å². The number of para-hydroxylation sites is 1. The average molecular weight is 451 g/mol. The standard InChI is InChI=1S/C25H20Cl2N2O2/c1-2-18-7-3-4-9-24(18)29-25(30)20(15-28)12-17-6-5-8-22(13-17)31-16-19-10-11-21(26)14-23(19)27/h3-14H,2,16H2,1H3,(H,29,30)/b20-12-. The number of anilines is 1. The van der Waals surface area contributed by atoms with E-state index in [4.69, 9.17) is 27.9 Å². The van der Waals surface area contributed by atoms with E-state index < -0.39 is 5.91 Å². The van der Waals surface area contributed by atoms with E-state index in [0.29, 0.717) is 27.0 Å². The molecule has 0 fully saturated rings. The second-order valence-electron chi connectivity index (χ2n) is 6.73. The number of carbonyl (C=O) groups excluding carboxylic acids is 1. The molecule has 0 saturated carbocycles. The Labute approximate surface area is 191 Å². The number of carbonyl (C=O) groups is 1. The lowest BCUT2D eigenvalue weighted by Gasteiger charge is -2.10. The number of hydrogen-bond acceptors (Lipinski definition) is 3. The Hall–Kier alpha value is -3.26. The summed E-state index contributed by atoms with van der Waals surface area (Å²) in [7, 11) is 0. The smallest absolute Gasteiger partial charge is 0.266 e. The Morgan fingerprint density at radius 3 is 2.61 bits per heavy atom. The molecule has 0 radical (unpaired) electrons. The molecule has 0 spiro atoms. The third-order valence-corrected chi connectivity index (χ3v) is 5.18. The van der Waals surface area contributed by atoms with Gasteiger partial charge in [0.2, 0.25) is 0 Å². The first-order valence-corrected chi connectivity index (χ1v) is 10.4. The second kappa shape index (κ2) is 10.7. The van der Waals surface area contributed by atoms with Crippen molar-refractivity contribution in [2.75, 3.05) is 5.32 Å². The summed E-state index contributed by atoms with van der Waals surface area (Å²) in [4.78, 5) is 12.6. The van der Waals surface area contributed by atoms with Gasteiger partial charge in [-0.3, -0.25) is 4.79 Å². The fourth-order valence-corrected chi connectivity index (χ4v) is 3.41. The Balaban J connectivity index is 1.74. The zero-order chi connectivity index (χ0) is 22.2. The number of ether oxygens (including phenoxy) is 1. The lowest BCUT2D eigenvalue weighted by atomic mass is 10.1. The van der Waals surface area contributed by atoms with Gasteiger partial charge in [-0.15, -0.1) is 0 Å². The van der Waals surface area contributed by atoms with Gasteiger partial charge in [0.25, 0.3) is 5.91 Å². The Kier molecular flexibility index (Phi) is 7.72. The summed E-state index contributed by atoms with van der Waals surface area (Å²) < 4.78 is 5.81. The van der Waals surface area contributed by atoms with Crippen molar-refractivity contribution in [3.05, 3.63) is 99.0 Å². The molecule has 3 rings (SSSR count). The van der Waals surface area contributed by atoms with E-state index in [2.05, 4.69) is 5.32 Å². The van der Waals surface area contributed by atoms with E-state index in [1.165, 1.54) is 6.08 Å². The van der Waals surface area contributed by atoms with E-state index in [-0.39, 0.29) is 12.2 Å². The molecule has 0 aliphatic heterocycles. The van der Waals surface area contributed by atoms with Crippen LogP contribution in [0.15, 0.2) is 72.3 Å². The summed E-state index contributed by atoms with van der Waals surface area (Å²) in [5, 5.41) is 13.4. The van der Waals surface area contributed by atoms with Gasteiger partial charge in [-0.25, -0.2) is 0 Å². The normalized spacial score (nSPS) is 11.0. The van der Waals surface area contributed by atoms with Crippen molar-refractivity contribution in [2.45, 2.75) is 20.0 Å². The first kappa shape index (κ1) is 22.4. The van der Waals surface area contributed by atoms with Crippen LogP contribution in [0.1, 0.15) is 23.6 Å². The average Bonchev–Trinajstić information content (AvgIpc) is 2.77. The minimum absolute atomic E-state index is 0.00352. The number of nitrogens with one attached hydrogen (secondary N) is 1. The van der Waals surface area contributed by atoms with E-state index in [9.17, 15) is 10.1 Å². The van der Waals surface area contributed by atoms with Gasteiger partial charge in [0.1, 0.15) is 24.0 Å². The lowest BCUT2D eigenvalue weighted by molar-refractivity contribution is -0.112. The maximum atomic E-state index is 12.6. The van der Waals surface area contributed by atoms with Gasteiger partial charge in [0, 0.05) is 21.3 Å². The van der Waals surface area contributed by atoms with E-state index in [0.717, 1.165) is 17.5 Å². The number of rotatable bonds is 7. The summed E-state index contributed by atoms with van der Waals surface area (Å²) in [6.45, 7) is 2.28. The molecule has 31 heavy (non-hydrogen) atoms. The Bertz CT molecular complexity index is 1170. The molecular formula is C25H20Cl2N2O2. The van der Waals surface area contributed by atoms with Crippen molar-refractivity contribution >= 4 is 40.9 Å². The molecule has 3 aromatic carbocycles. The highest BCUT2D eigenvalue weighted by Crippen LogP contribution is 2.24. The monoisotopic (exact) mass is 450 g/mol. The van der Waals surface area contributed by atoms with Gasteiger partial charge in [0.15, 0.2) is 0 Å². The van der Waals surface area contributed by atoms with Crippen LogP contribution in [0.2, 0.25) is 10.0 Å². The Morgan fingerprint density at radius 1 is 1.06 bits per heavy atom. The largest absolute Gasteiger partial charge is 0.489 e. The number of aryl methyl sites for hydroxylation is 1. The molecule has 0 bridgehead atoms. The Morgan fingerprint density at radius 2 is 1.87 bits per heavy atom. The summed E-state index contributed by atoms with van der Waals surface area (Å²) >= 11 is 12.1. The molecule has 0 heterocycles. The highest BCUT2D eigenvalue weighted by atomic mass is 35.5. The number of hydrogen-bond donors (Lipinski definition) is 1.